The number of rotatable bonds is 7. The summed E-state index contributed by atoms with van der Waals surface area (Å²) in [6, 6.07) is 75.8. The van der Waals surface area contributed by atoms with Gasteiger partial charge in [0.15, 0.2) is 0 Å². The van der Waals surface area contributed by atoms with Crippen LogP contribution in [0.25, 0.3) is 77.2 Å². The fourth-order valence-corrected chi connectivity index (χ4v) is 7.72. The van der Waals surface area contributed by atoms with Gasteiger partial charge in [0.05, 0.1) is 0 Å². The van der Waals surface area contributed by atoms with E-state index in [0.717, 1.165) is 50.1 Å². The van der Waals surface area contributed by atoms with Gasteiger partial charge in [-0.1, -0.05) is 158 Å². The standard InChI is InChI=1S/C52H35NO/c1-3-10-36(11-4-1)38-18-20-40(21-19-38)43-26-32-49-50-35-46(31-33-51(50)54-52(49)34-43)53(44-27-22-39(23-28-44)37-12-5-2-6-13-37)45-29-24-42(25-30-45)48-17-9-15-41-14-7-8-16-47(41)48/h1-35H. The van der Waals surface area contributed by atoms with Crippen molar-refractivity contribution in [2.45, 2.75) is 0 Å². The van der Waals surface area contributed by atoms with Gasteiger partial charge >= 0.3 is 0 Å². The van der Waals surface area contributed by atoms with Crippen molar-refractivity contribution >= 4 is 49.8 Å². The summed E-state index contributed by atoms with van der Waals surface area (Å²) in [4.78, 5) is 2.34. The minimum Gasteiger partial charge on any atom is -0.456 e. The van der Waals surface area contributed by atoms with E-state index in [2.05, 4.69) is 217 Å². The fraction of sp³-hybridized carbons (Fsp3) is 0. The third kappa shape index (κ3) is 5.81. The Kier molecular flexibility index (Phi) is 7.85. The highest BCUT2D eigenvalue weighted by molar-refractivity contribution is 6.07. The Morgan fingerprint density at radius 2 is 0.778 bits per heavy atom. The summed E-state index contributed by atoms with van der Waals surface area (Å²) in [6.45, 7) is 0. The molecule has 0 saturated carbocycles. The highest BCUT2D eigenvalue weighted by Crippen LogP contribution is 2.41. The van der Waals surface area contributed by atoms with Crippen molar-refractivity contribution in [1.29, 1.82) is 0 Å². The van der Waals surface area contributed by atoms with E-state index in [-0.39, 0.29) is 0 Å². The van der Waals surface area contributed by atoms with Gasteiger partial charge in [-0.05, 0) is 110 Å². The van der Waals surface area contributed by atoms with Gasteiger partial charge in [-0.25, -0.2) is 0 Å². The molecular formula is C52H35NO. The normalized spacial score (nSPS) is 11.3. The second-order valence-electron chi connectivity index (χ2n) is 13.8. The molecule has 0 aliphatic heterocycles. The van der Waals surface area contributed by atoms with Gasteiger partial charge in [-0.3, -0.25) is 0 Å². The lowest BCUT2D eigenvalue weighted by Gasteiger charge is -2.26. The van der Waals surface area contributed by atoms with Crippen molar-refractivity contribution in [3.05, 3.63) is 212 Å². The van der Waals surface area contributed by atoms with Crippen LogP contribution >= 0.6 is 0 Å². The monoisotopic (exact) mass is 689 g/mol. The van der Waals surface area contributed by atoms with Gasteiger partial charge in [0.25, 0.3) is 0 Å². The lowest BCUT2D eigenvalue weighted by atomic mass is 9.98. The molecule has 54 heavy (non-hydrogen) atoms. The average Bonchev–Trinajstić information content (AvgIpc) is 3.62. The van der Waals surface area contributed by atoms with Crippen LogP contribution in [-0.2, 0) is 0 Å². The Morgan fingerprint density at radius 1 is 0.278 bits per heavy atom. The predicted molar refractivity (Wildman–Crippen MR) is 228 cm³/mol. The Morgan fingerprint density at radius 3 is 1.44 bits per heavy atom. The summed E-state index contributed by atoms with van der Waals surface area (Å²) in [5, 5.41) is 4.69. The lowest BCUT2D eigenvalue weighted by molar-refractivity contribution is 0.669. The molecule has 0 aliphatic carbocycles. The molecule has 0 amide bonds. The molecule has 0 N–H and O–H groups in total. The van der Waals surface area contributed by atoms with Crippen LogP contribution in [-0.4, -0.2) is 0 Å². The van der Waals surface area contributed by atoms with Gasteiger partial charge in [0.1, 0.15) is 11.2 Å². The summed E-state index contributed by atoms with van der Waals surface area (Å²) < 4.78 is 6.50. The molecule has 2 heteroatoms. The van der Waals surface area contributed by atoms with E-state index in [1.165, 1.54) is 44.2 Å². The van der Waals surface area contributed by atoms with E-state index in [1.807, 2.05) is 0 Å². The molecule has 0 fully saturated rings. The predicted octanol–water partition coefficient (Wildman–Crippen LogP) is 14.9. The van der Waals surface area contributed by atoms with Crippen LogP contribution in [0.4, 0.5) is 17.1 Å². The van der Waals surface area contributed by atoms with Crippen molar-refractivity contribution in [3.8, 4) is 44.5 Å². The second-order valence-corrected chi connectivity index (χ2v) is 13.8. The quantitative estimate of drug-likeness (QED) is 0.166. The molecule has 0 aliphatic rings. The highest BCUT2D eigenvalue weighted by atomic mass is 16.3. The molecule has 0 radical (unpaired) electrons. The zero-order chi connectivity index (χ0) is 35.8. The lowest BCUT2D eigenvalue weighted by Crippen LogP contribution is -2.09. The molecule has 0 spiro atoms. The maximum Gasteiger partial charge on any atom is 0.136 e. The summed E-state index contributed by atoms with van der Waals surface area (Å²) in [6.07, 6.45) is 0. The summed E-state index contributed by atoms with van der Waals surface area (Å²) in [5.74, 6) is 0. The zero-order valence-corrected chi connectivity index (χ0v) is 29.6. The molecule has 1 heterocycles. The number of furan rings is 1. The van der Waals surface area contributed by atoms with Crippen LogP contribution in [0.2, 0.25) is 0 Å². The molecule has 2 nitrogen and oxygen atoms in total. The van der Waals surface area contributed by atoms with E-state index < -0.39 is 0 Å². The van der Waals surface area contributed by atoms with Crippen molar-refractivity contribution in [1.82, 2.24) is 0 Å². The third-order valence-electron chi connectivity index (χ3n) is 10.5. The topological polar surface area (TPSA) is 16.4 Å². The summed E-state index contributed by atoms with van der Waals surface area (Å²) in [7, 11) is 0. The highest BCUT2D eigenvalue weighted by Gasteiger charge is 2.17. The molecule has 10 aromatic rings. The van der Waals surface area contributed by atoms with E-state index in [1.54, 1.807) is 0 Å². The number of nitrogens with zero attached hydrogens (tertiary/aromatic N) is 1. The van der Waals surface area contributed by atoms with Crippen molar-refractivity contribution in [2.75, 3.05) is 4.90 Å². The summed E-state index contributed by atoms with van der Waals surface area (Å²) in [5.41, 5.74) is 14.5. The number of benzene rings is 9. The fourth-order valence-electron chi connectivity index (χ4n) is 7.72. The third-order valence-corrected chi connectivity index (χ3v) is 10.5. The maximum atomic E-state index is 6.50. The maximum absolute atomic E-state index is 6.50. The van der Waals surface area contributed by atoms with Gasteiger partial charge in [0.2, 0.25) is 0 Å². The minimum absolute atomic E-state index is 0.871. The van der Waals surface area contributed by atoms with Crippen LogP contribution in [0.3, 0.4) is 0 Å². The molecule has 0 saturated heterocycles. The minimum atomic E-state index is 0.871. The zero-order valence-electron chi connectivity index (χ0n) is 29.6. The smallest absolute Gasteiger partial charge is 0.136 e. The first-order valence-corrected chi connectivity index (χ1v) is 18.4. The molecule has 0 atom stereocenters. The number of fused-ring (bicyclic) bond motifs is 4. The van der Waals surface area contributed by atoms with Crippen LogP contribution in [0.15, 0.2) is 217 Å². The van der Waals surface area contributed by atoms with Crippen LogP contribution in [0, 0.1) is 0 Å². The Bertz CT molecular complexity index is 2880. The SMILES string of the molecule is c1ccc(-c2ccc(-c3ccc4c(c3)oc3ccc(N(c5ccc(-c6ccccc6)cc5)c5ccc(-c6cccc7ccccc67)cc5)cc34)cc2)cc1. The molecule has 0 bridgehead atoms. The first kappa shape index (κ1) is 31.6. The average molecular weight is 690 g/mol. The van der Waals surface area contributed by atoms with E-state index in [0.29, 0.717) is 0 Å². The van der Waals surface area contributed by atoms with Crippen LogP contribution < -0.4 is 4.90 Å². The van der Waals surface area contributed by atoms with E-state index >= 15 is 0 Å². The van der Waals surface area contributed by atoms with Crippen LogP contribution in [0.1, 0.15) is 0 Å². The first-order valence-electron chi connectivity index (χ1n) is 18.4. The van der Waals surface area contributed by atoms with E-state index in [9.17, 15) is 0 Å². The molecule has 0 unspecified atom stereocenters. The van der Waals surface area contributed by atoms with Gasteiger partial charge in [-0.2, -0.15) is 0 Å². The molecule has 1 aromatic heterocycles. The van der Waals surface area contributed by atoms with Gasteiger partial charge in [0, 0.05) is 27.8 Å². The molecule has 254 valence electrons. The van der Waals surface area contributed by atoms with Crippen molar-refractivity contribution in [2.24, 2.45) is 0 Å². The summed E-state index contributed by atoms with van der Waals surface area (Å²) >= 11 is 0. The van der Waals surface area contributed by atoms with Crippen LogP contribution in [0.5, 0.6) is 0 Å². The molecule has 9 aromatic carbocycles. The Labute approximate surface area is 314 Å². The number of anilines is 3. The van der Waals surface area contributed by atoms with Gasteiger partial charge < -0.3 is 9.32 Å². The Hall–Kier alpha value is -7.16. The van der Waals surface area contributed by atoms with E-state index in [4.69, 9.17) is 4.42 Å². The molecular weight excluding hydrogens is 655 g/mol. The largest absolute Gasteiger partial charge is 0.456 e. The van der Waals surface area contributed by atoms with Crippen molar-refractivity contribution in [3.63, 3.8) is 0 Å². The second kappa shape index (κ2) is 13.4. The van der Waals surface area contributed by atoms with Gasteiger partial charge in [-0.15, -0.1) is 0 Å². The molecule has 10 rings (SSSR count). The first-order chi connectivity index (χ1) is 26.7. The number of hydrogen-bond acceptors (Lipinski definition) is 2. The number of hydrogen-bond donors (Lipinski definition) is 0. The Balaban J connectivity index is 1.04. The van der Waals surface area contributed by atoms with Crippen molar-refractivity contribution < 1.29 is 4.42 Å².